The summed E-state index contributed by atoms with van der Waals surface area (Å²) in [6.07, 6.45) is 6.72. The van der Waals surface area contributed by atoms with Crippen molar-refractivity contribution in [2.24, 2.45) is 0 Å². The van der Waals surface area contributed by atoms with Gasteiger partial charge in [0.25, 0.3) is 0 Å². The lowest BCUT2D eigenvalue weighted by Crippen LogP contribution is -2.07. The molecule has 0 aliphatic carbocycles. The zero-order valence-corrected chi connectivity index (χ0v) is 14.5. The fraction of sp³-hybridized carbons (Fsp3) is 0.0909. The second kappa shape index (κ2) is 6.84. The summed E-state index contributed by atoms with van der Waals surface area (Å²) in [4.78, 5) is 16.2. The van der Waals surface area contributed by atoms with Gasteiger partial charge in [-0.1, -0.05) is 18.2 Å². The molecule has 0 fully saturated rings. The number of carbonyl (C=O) groups excluding carboxylic acids is 1. The van der Waals surface area contributed by atoms with Crippen LogP contribution in [0.5, 0.6) is 0 Å². The van der Waals surface area contributed by atoms with Crippen LogP contribution in [0, 0.1) is 0 Å². The Labute approximate surface area is 151 Å². The Hall–Kier alpha value is -3.40. The smallest absolute Gasteiger partial charge is 0.248 e. The highest BCUT2D eigenvalue weighted by molar-refractivity contribution is 6.10. The number of carbonyl (C=O) groups is 1. The van der Waals surface area contributed by atoms with Gasteiger partial charge in [0.1, 0.15) is 0 Å². The van der Waals surface area contributed by atoms with Crippen LogP contribution in [0.25, 0.3) is 27.9 Å². The van der Waals surface area contributed by atoms with Crippen molar-refractivity contribution in [3.05, 3.63) is 78.6 Å². The molecule has 0 spiro atoms. The van der Waals surface area contributed by atoms with E-state index in [1.165, 1.54) is 22.5 Å². The van der Waals surface area contributed by atoms with E-state index in [1.54, 1.807) is 18.5 Å². The Bertz CT molecular complexity index is 1110. The van der Waals surface area contributed by atoms with Gasteiger partial charge in [0.2, 0.25) is 5.91 Å². The number of benzene rings is 2. The van der Waals surface area contributed by atoms with Crippen molar-refractivity contribution >= 4 is 39.5 Å². The second-order valence-corrected chi connectivity index (χ2v) is 6.10. The molecular formula is C22H19N3O. The maximum atomic E-state index is 12.2. The number of aromatic nitrogens is 2. The van der Waals surface area contributed by atoms with E-state index in [0.29, 0.717) is 0 Å². The van der Waals surface area contributed by atoms with Crippen LogP contribution in [-0.2, 0) is 11.3 Å². The summed E-state index contributed by atoms with van der Waals surface area (Å²) in [5.74, 6) is -0.152. The molecule has 0 atom stereocenters. The number of hydrogen-bond donors (Lipinski definition) is 1. The largest absolute Gasteiger partial charge is 0.341 e. The Kier molecular flexibility index (Phi) is 4.23. The molecule has 4 rings (SSSR count). The summed E-state index contributed by atoms with van der Waals surface area (Å²) in [6, 6.07) is 18.1. The average molecular weight is 341 g/mol. The van der Waals surface area contributed by atoms with Crippen LogP contribution < -0.4 is 5.32 Å². The van der Waals surface area contributed by atoms with Gasteiger partial charge in [-0.05, 0) is 55.0 Å². The quantitative estimate of drug-likeness (QED) is 0.539. The minimum atomic E-state index is -0.152. The summed E-state index contributed by atoms with van der Waals surface area (Å²) in [5, 5.41) is 5.30. The maximum Gasteiger partial charge on any atom is 0.248 e. The van der Waals surface area contributed by atoms with Gasteiger partial charge in [-0.15, -0.1) is 0 Å². The first-order valence-corrected chi connectivity index (χ1v) is 8.66. The van der Waals surface area contributed by atoms with E-state index in [2.05, 4.69) is 46.1 Å². The van der Waals surface area contributed by atoms with E-state index >= 15 is 0 Å². The van der Waals surface area contributed by atoms with Crippen molar-refractivity contribution in [2.75, 3.05) is 5.32 Å². The highest BCUT2D eigenvalue weighted by atomic mass is 16.1. The topological polar surface area (TPSA) is 46.9 Å². The standard InChI is InChI=1S/C22H19N3O/c1-2-25-20-6-4-3-5-18(20)19-15-17(8-9-21(19)25)24-22(26)10-7-16-11-13-23-14-12-16/h3-15H,2H2,1H3,(H,24,26)/b10-7+. The van der Waals surface area contributed by atoms with Crippen LogP contribution in [0.15, 0.2) is 73.1 Å². The van der Waals surface area contributed by atoms with Crippen LogP contribution in [0.1, 0.15) is 12.5 Å². The molecule has 0 unspecified atom stereocenters. The molecule has 0 saturated carbocycles. The minimum absolute atomic E-state index is 0.152. The van der Waals surface area contributed by atoms with Gasteiger partial charge in [-0.2, -0.15) is 0 Å². The second-order valence-electron chi connectivity index (χ2n) is 6.10. The number of aryl methyl sites for hydroxylation is 1. The van der Waals surface area contributed by atoms with Crippen LogP contribution in [-0.4, -0.2) is 15.5 Å². The number of nitrogens with one attached hydrogen (secondary N) is 1. The number of anilines is 1. The number of pyridine rings is 1. The summed E-state index contributed by atoms with van der Waals surface area (Å²) in [6.45, 7) is 3.05. The van der Waals surface area contributed by atoms with Gasteiger partial charge in [-0.25, -0.2) is 0 Å². The van der Waals surface area contributed by atoms with E-state index in [0.717, 1.165) is 23.2 Å². The van der Waals surface area contributed by atoms with E-state index in [4.69, 9.17) is 0 Å². The molecule has 2 heterocycles. The van der Waals surface area contributed by atoms with E-state index in [1.807, 2.05) is 30.3 Å². The molecule has 4 heteroatoms. The number of para-hydroxylation sites is 1. The molecule has 1 amide bonds. The molecule has 0 radical (unpaired) electrons. The highest BCUT2D eigenvalue weighted by Gasteiger charge is 2.10. The lowest BCUT2D eigenvalue weighted by molar-refractivity contribution is -0.111. The summed E-state index contributed by atoms with van der Waals surface area (Å²) in [7, 11) is 0. The molecule has 0 bridgehead atoms. The molecule has 0 saturated heterocycles. The zero-order valence-electron chi connectivity index (χ0n) is 14.5. The summed E-state index contributed by atoms with van der Waals surface area (Å²) in [5.41, 5.74) is 4.13. The van der Waals surface area contributed by atoms with E-state index in [9.17, 15) is 4.79 Å². The zero-order chi connectivity index (χ0) is 17.9. The van der Waals surface area contributed by atoms with Crippen LogP contribution >= 0.6 is 0 Å². The van der Waals surface area contributed by atoms with Crippen molar-refractivity contribution in [3.8, 4) is 0 Å². The lowest BCUT2D eigenvalue weighted by atomic mass is 10.1. The lowest BCUT2D eigenvalue weighted by Gasteiger charge is -2.05. The third kappa shape index (κ3) is 2.97. The van der Waals surface area contributed by atoms with Crippen LogP contribution in [0.3, 0.4) is 0 Å². The predicted octanol–water partition coefficient (Wildman–Crippen LogP) is 4.86. The van der Waals surface area contributed by atoms with Gasteiger partial charge in [0, 0.05) is 52.5 Å². The maximum absolute atomic E-state index is 12.2. The van der Waals surface area contributed by atoms with Crippen molar-refractivity contribution in [1.82, 2.24) is 9.55 Å². The van der Waals surface area contributed by atoms with E-state index < -0.39 is 0 Å². The Balaban J connectivity index is 1.64. The number of amides is 1. The predicted molar refractivity (Wildman–Crippen MR) is 107 cm³/mol. The highest BCUT2D eigenvalue weighted by Crippen LogP contribution is 2.30. The molecule has 2 aromatic heterocycles. The molecule has 26 heavy (non-hydrogen) atoms. The Morgan fingerprint density at radius 1 is 1.04 bits per heavy atom. The molecule has 0 aliphatic heterocycles. The van der Waals surface area contributed by atoms with Gasteiger partial charge < -0.3 is 9.88 Å². The van der Waals surface area contributed by atoms with Crippen LogP contribution in [0.4, 0.5) is 5.69 Å². The molecule has 128 valence electrons. The fourth-order valence-electron chi connectivity index (χ4n) is 3.30. The molecule has 1 N–H and O–H groups in total. The summed E-state index contributed by atoms with van der Waals surface area (Å²) < 4.78 is 2.29. The number of hydrogen-bond acceptors (Lipinski definition) is 2. The van der Waals surface area contributed by atoms with Crippen molar-refractivity contribution in [3.63, 3.8) is 0 Å². The first-order chi connectivity index (χ1) is 12.8. The van der Waals surface area contributed by atoms with Gasteiger partial charge in [0.15, 0.2) is 0 Å². The average Bonchev–Trinajstić information content (AvgIpc) is 3.00. The first kappa shape index (κ1) is 16.1. The summed E-state index contributed by atoms with van der Waals surface area (Å²) >= 11 is 0. The Morgan fingerprint density at radius 3 is 2.62 bits per heavy atom. The normalized spacial score (nSPS) is 11.4. The molecule has 0 aliphatic rings. The SMILES string of the molecule is CCn1c2ccccc2c2cc(NC(=O)/C=C/c3ccncc3)ccc21. The Morgan fingerprint density at radius 2 is 1.81 bits per heavy atom. The van der Waals surface area contributed by atoms with Crippen LogP contribution in [0.2, 0.25) is 0 Å². The third-order valence-corrected chi connectivity index (χ3v) is 4.49. The van der Waals surface area contributed by atoms with Crippen molar-refractivity contribution in [2.45, 2.75) is 13.5 Å². The van der Waals surface area contributed by atoms with Gasteiger partial charge >= 0.3 is 0 Å². The molecular weight excluding hydrogens is 322 g/mol. The first-order valence-electron chi connectivity index (χ1n) is 8.66. The molecule has 4 aromatic rings. The molecule has 4 nitrogen and oxygen atoms in total. The van der Waals surface area contributed by atoms with E-state index in [-0.39, 0.29) is 5.91 Å². The fourth-order valence-corrected chi connectivity index (χ4v) is 3.30. The van der Waals surface area contributed by atoms with Gasteiger partial charge in [0.05, 0.1) is 0 Å². The van der Waals surface area contributed by atoms with Gasteiger partial charge in [-0.3, -0.25) is 9.78 Å². The third-order valence-electron chi connectivity index (χ3n) is 4.49. The van der Waals surface area contributed by atoms with Crippen molar-refractivity contribution < 1.29 is 4.79 Å². The number of rotatable bonds is 4. The van der Waals surface area contributed by atoms with Crippen molar-refractivity contribution in [1.29, 1.82) is 0 Å². The number of nitrogens with zero attached hydrogens (tertiary/aromatic N) is 2. The minimum Gasteiger partial charge on any atom is -0.341 e. The number of fused-ring (bicyclic) bond motifs is 3. The monoisotopic (exact) mass is 341 g/mol. The molecule has 2 aromatic carbocycles.